The summed E-state index contributed by atoms with van der Waals surface area (Å²) >= 11 is 4.86. The summed E-state index contributed by atoms with van der Waals surface area (Å²) in [7, 11) is 0. The van der Waals surface area contributed by atoms with Crippen LogP contribution < -0.4 is 0 Å². The van der Waals surface area contributed by atoms with E-state index in [1.54, 1.807) is 11.8 Å². The van der Waals surface area contributed by atoms with Gasteiger partial charge in [0, 0.05) is 25.0 Å². The maximum atomic E-state index is 10.6. The number of nitro groups is 1. The van der Waals surface area contributed by atoms with Crippen LogP contribution in [0.5, 0.6) is 0 Å². The van der Waals surface area contributed by atoms with Crippen LogP contribution in [0.3, 0.4) is 0 Å². The molecule has 0 spiro atoms. The van der Waals surface area contributed by atoms with E-state index in [0.717, 1.165) is 53.1 Å². The molecular weight excluding hydrogens is 330 g/mol. The fourth-order valence-electron chi connectivity index (χ4n) is 1.88. The molecule has 2 rings (SSSR count). The van der Waals surface area contributed by atoms with Gasteiger partial charge >= 0.3 is 0 Å². The van der Waals surface area contributed by atoms with Gasteiger partial charge in [-0.25, -0.2) is 4.98 Å². The van der Waals surface area contributed by atoms with Crippen LogP contribution in [0.4, 0.5) is 0 Å². The minimum atomic E-state index is -0.373. The Morgan fingerprint density at radius 3 is 3.11 bits per heavy atom. The van der Waals surface area contributed by atoms with E-state index in [9.17, 15) is 10.1 Å². The zero-order valence-corrected chi connectivity index (χ0v) is 12.7. The summed E-state index contributed by atoms with van der Waals surface area (Å²) in [4.78, 5) is 16.5. The lowest BCUT2D eigenvalue weighted by molar-refractivity contribution is -0.403. The molecule has 2 heterocycles. The summed E-state index contributed by atoms with van der Waals surface area (Å²) in [5, 5.41) is 11.4. The van der Waals surface area contributed by atoms with Crippen LogP contribution in [0.2, 0.25) is 0 Å². The lowest BCUT2D eigenvalue weighted by Gasteiger charge is -2.29. The van der Waals surface area contributed by atoms with Gasteiger partial charge in [-0.2, -0.15) is 0 Å². The molecule has 7 heteroatoms. The summed E-state index contributed by atoms with van der Waals surface area (Å²) in [6.45, 7) is 1.67. The van der Waals surface area contributed by atoms with Gasteiger partial charge < -0.3 is 4.90 Å². The molecule has 1 fully saturated rings. The van der Waals surface area contributed by atoms with Crippen molar-refractivity contribution in [3.05, 3.63) is 49.8 Å². The Kier molecular flexibility index (Phi) is 5.21. The SMILES string of the molecule is O=[N+]([O-])C=C1SCCCN1CCc1ccc(Br)nc1. The predicted octanol–water partition coefficient (Wildman–Crippen LogP) is 2.90. The zero-order chi connectivity index (χ0) is 13.7. The molecule has 0 saturated carbocycles. The number of aromatic nitrogens is 1. The van der Waals surface area contributed by atoms with Crippen molar-refractivity contribution >= 4 is 27.7 Å². The van der Waals surface area contributed by atoms with Crippen molar-refractivity contribution < 1.29 is 4.92 Å². The molecule has 1 aliphatic heterocycles. The number of halogens is 1. The molecule has 0 radical (unpaired) electrons. The van der Waals surface area contributed by atoms with Crippen molar-refractivity contribution in [2.45, 2.75) is 12.8 Å². The molecule has 0 aliphatic carbocycles. The predicted molar refractivity (Wildman–Crippen MR) is 79.4 cm³/mol. The van der Waals surface area contributed by atoms with Gasteiger partial charge in [-0.05, 0) is 40.4 Å². The van der Waals surface area contributed by atoms with E-state index in [0.29, 0.717) is 0 Å². The number of nitrogens with zero attached hydrogens (tertiary/aromatic N) is 3. The standard InChI is InChI=1S/C12H14BrN3O2S/c13-11-3-2-10(8-14-11)4-6-15-5-1-7-19-12(15)9-16(17)18/h2-3,8-9H,1,4-7H2. The van der Waals surface area contributed by atoms with Gasteiger partial charge in [0.25, 0.3) is 6.20 Å². The van der Waals surface area contributed by atoms with Gasteiger partial charge in [0.1, 0.15) is 9.63 Å². The quantitative estimate of drug-likeness (QED) is 0.478. The third-order valence-corrected chi connectivity index (χ3v) is 4.43. The van der Waals surface area contributed by atoms with Crippen molar-refractivity contribution in [1.82, 2.24) is 9.88 Å². The lowest BCUT2D eigenvalue weighted by Crippen LogP contribution is -2.29. The van der Waals surface area contributed by atoms with E-state index in [4.69, 9.17) is 0 Å². The molecule has 0 unspecified atom stereocenters. The Labute approximate surface area is 124 Å². The third kappa shape index (κ3) is 4.50. The molecular formula is C12H14BrN3O2S. The van der Waals surface area contributed by atoms with Gasteiger partial charge in [0.15, 0.2) is 0 Å². The molecule has 0 aromatic carbocycles. The number of rotatable bonds is 4. The van der Waals surface area contributed by atoms with Gasteiger partial charge in [-0.1, -0.05) is 6.07 Å². The van der Waals surface area contributed by atoms with E-state index in [2.05, 4.69) is 25.8 Å². The molecule has 1 aromatic heterocycles. The van der Waals surface area contributed by atoms with Crippen LogP contribution in [0, 0.1) is 10.1 Å². The second-order valence-corrected chi connectivity index (χ2v) is 6.11. The topological polar surface area (TPSA) is 59.3 Å². The summed E-state index contributed by atoms with van der Waals surface area (Å²) in [6.07, 6.45) is 4.86. The van der Waals surface area contributed by atoms with Crippen LogP contribution in [-0.2, 0) is 6.42 Å². The van der Waals surface area contributed by atoms with E-state index < -0.39 is 0 Å². The third-order valence-electron chi connectivity index (χ3n) is 2.81. The summed E-state index contributed by atoms with van der Waals surface area (Å²) in [5.41, 5.74) is 1.14. The highest BCUT2D eigenvalue weighted by molar-refractivity contribution is 9.10. The largest absolute Gasteiger partial charge is 0.361 e. The van der Waals surface area contributed by atoms with Crippen LogP contribution in [0.1, 0.15) is 12.0 Å². The molecule has 0 bridgehead atoms. The average Bonchev–Trinajstić information content (AvgIpc) is 2.39. The summed E-state index contributed by atoms with van der Waals surface area (Å²) < 4.78 is 0.818. The van der Waals surface area contributed by atoms with Gasteiger partial charge in [0.05, 0.1) is 4.92 Å². The van der Waals surface area contributed by atoms with Crippen LogP contribution >= 0.6 is 27.7 Å². The first-order chi connectivity index (χ1) is 9.15. The van der Waals surface area contributed by atoms with Crippen molar-refractivity contribution in [1.29, 1.82) is 0 Å². The molecule has 102 valence electrons. The Hall–Kier alpha value is -1.08. The first kappa shape index (κ1) is 14.3. The van der Waals surface area contributed by atoms with E-state index in [-0.39, 0.29) is 4.92 Å². The molecule has 0 amide bonds. The monoisotopic (exact) mass is 343 g/mol. The maximum absolute atomic E-state index is 10.6. The van der Waals surface area contributed by atoms with E-state index in [1.165, 1.54) is 0 Å². The van der Waals surface area contributed by atoms with Gasteiger partial charge in [-0.3, -0.25) is 10.1 Å². The number of pyridine rings is 1. The summed E-state index contributed by atoms with van der Waals surface area (Å²) in [5.74, 6) is 0.954. The second-order valence-electron chi connectivity index (χ2n) is 4.18. The molecule has 0 N–H and O–H groups in total. The number of thioether (sulfide) groups is 1. The van der Waals surface area contributed by atoms with E-state index >= 15 is 0 Å². The second kappa shape index (κ2) is 6.91. The summed E-state index contributed by atoms with van der Waals surface area (Å²) in [6, 6.07) is 3.93. The Balaban J connectivity index is 1.96. The minimum Gasteiger partial charge on any atom is -0.361 e. The highest BCUT2D eigenvalue weighted by Crippen LogP contribution is 2.26. The fourth-order valence-corrected chi connectivity index (χ4v) is 3.13. The van der Waals surface area contributed by atoms with Crippen LogP contribution in [0.25, 0.3) is 0 Å². The average molecular weight is 344 g/mol. The zero-order valence-electron chi connectivity index (χ0n) is 10.3. The van der Waals surface area contributed by atoms with Crippen molar-refractivity contribution in [2.75, 3.05) is 18.8 Å². The smallest absolute Gasteiger partial charge is 0.264 e. The molecule has 1 saturated heterocycles. The number of hydrogen-bond acceptors (Lipinski definition) is 5. The molecule has 0 atom stereocenters. The molecule has 19 heavy (non-hydrogen) atoms. The Morgan fingerprint density at radius 1 is 1.58 bits per heavy atom. The van der Waals surface area contributed by atoms with Crippen LogP contribution in [0.15, 0.2) is 34.2 Å². The molecule has 1 aromatic rings. The van der Waals surface area contributed by atoms with Crippen molar-refractivity contribution in [3.8, 4) is 0 Å². The minimum absolute atomic E-state index is 0.373. The highest BCUT2D eigenvalue weighted by atomic mass is 79.9. The molecule has 5 nitrogen and oxygen atoms in total. The first-order valence-corrected chi connectivity index (χ1v) is 7.76. The lowest BCUT2D eigenvalue weighted by atomic mass is 10.2. The molecule has 1 aliphatic rings. The van der Waals surface area contributed by atoms with Crippen molar-refractivity contribution in [3.63, 3.8) is 0 Å². The fraction of sp³-hybridized carbons (Fsp3) is 0.417. The van der Waals surface area contributed by atoms with E-state index in [1.807, 2.05) is 18.3 Å². The van der Waals surface area contributed by atoms with Gasteiger partial charge in [-0.15, -0.1) is 11.8 Å². The Morgan fingerprint density at radius 2 is 2.42 bits per heavy atom. The van der Waals surface area contributed by atoms with Crippen LogP contribution in [-0.4, -0.2) is 33.6 Å². The first-order valence-electron chi connectivity index (χ1n) is 5.98. The Bertz CT molecular complexity index is 478. The van der Waals surface area contributed by atoms with Crippen molar-refractivity contribution in [2.24, 2.45) is 0 Å². The normalized spacial score (nSPS) is 17.7. The van der Waals surface area contributed by atoms with Gasteiger partial charge in [0.2, 0.25) is 0 Å². The number of hydrogen-bond donors (Lipinski definition) is 0. The highest BCUT2D eigenvalue weighted by Gasteiger charge is 2.18. The maximum Gasteiger partial charge on any atom is 0.264 e.